The maximum Gasteiger partial charge on any atom is 0.293 e. The minimum atomic E-state index is -0.444. The fourth-order valence-corrected chi connectivity index (χ4v) is 2.91. The van der Waals surface area contributed by atoms with Crippen LogP contribution in [0.4, 0.5) is 11.4 Å². The van der Waals surface area contributed by atoms with Gasteiger partial charge in [0, 0.05) is 42.8 Å². The highest BCUT2D eigenvalue weighted by atomic mass is 16.6. The Labute approximate surface area is 148 Å². The quantitative estimate of drug-likeness (QED) is 0.529. The number of hydrogen-bond donors (Lipinski definition) is 2. The van der Waals surface area contributed by atoms with Crippen LogP contribution >= 0.6 is 0 Å². The Morgan fingerprint density at radius 2 is 1.92 bits per heavy atom. The highest BCUT2D eigenvalue weighted by Gasteiger charge is 2.25. The molecule has 7 nitrogen and oxygen atoms in total. The van der Waals surface area contributed by atoms with E-state index in [1.807, 2.05) is 0 Å². The Morgan fingerprint density at radius 3 is 2.44 bits per heavy atom. The number of nitro groups is 1. The van der Waals surface area contributed by atoms with E-state index < -0.39 is 4.92 Å². The highest BCUT2D eigenvalue weighted by molar-refractivity contribution is 5.95. The van der Waals surface area contributed by atoms with Crippen molar-refractivity contribution in [3.63, 3.8) is 0 Å². The fourth-order valence-electron chi connectivity index (χ4n) is 2.91. The lowest BCUT2D eigenvalue weighted by Crippen LogP contribution is -2.42. The molecule has 0 saturated heterocycles. The number of hydrogen-bond acceptors (Lipinski definition) is 5. The highest BCUT2D eigenvalue weighted by Crippen LogP contribution is 2.31. The minimum absolute atomic E-state index is 0.0504. The summed E-state index contributed by atoms with van der Waals surface area (Å²) in [6.45, 7) is 9.73. The molecule has 1 aliphatic carbocycles. The first kappa shape index (κ1) is 19.2. The van der Waals surface area contributed by atoms with Crippen LogP contribution in [-0.4, -0.2) is 46.9 Å². The Bertz CT molecular complexity index is 619. The number of nitro benzene ring substituents is 1. The zero-order valence-corrected chi connectivity index (χ0v) is 15.4. The number of anilines is 1. The van der Waals surface area contributed by atoms with E-state index in [-0.39, 0.29) is 11.6 Å². The van der Waals surface area contributed by atoms with Gasteiger partial charge in [-0.1, -0.05) is 0 Å². The topological polar surface area (TPSA) is 87.5 Å². The summed E-state index contributed by atoms with van der Waals surface area (Å²) in [6.07, 6.45) is 2.06. The summed E-state index contributed by atoms with van der Waals surface area (Å²) in [5.74, 6) is -0.284. The van der Waals surface area contributed by atoms with Crippen LogP contribution in [0.25, 0.3) is 0 Å². The standard InChI is InChI=1S/C18H28N4O3/c1-12(2)21(13(3)4)10-9-19-18(23)14-5-8-16(20-15-6-7-15)17(11-14)22(24)25/h5,8,11-13,15,20H,6-7,9-10H2,1-4H3,(H,19,23). The van der Waals surface area contributed by atoms with Crippen LogP contribution in [0.3, 0.4) is 0 Å². The van der Waals surface area contributed by atoms with Crippen LogP contribution in [0.2, 0.25) is 0 Å². The number of nitrogens with one attached hydrogen (secondary N) is 2. The van der Waals surface area contributed by atoms with E-state index in [0.717, 1.165) is 19.4 Å². The van der Waals surface area contributed by atoms with Crippen LogP contribution in [0, 0.1) is 10.1 Å². The van der Waals surface area contributed by atoms with Crippen LogP contribution in [-0.2, 0) is 0 Å². The van der Waals surface area contributed by atoms with E-state index in [4.69, 9.17) is 0 Å². The summed E-state index contributed by atoms with van der Waals surface area (Å²) < 4.78 is 0. The molecule has 0 unspecified atom stereocenters. The van der Waals surface area contributed by atoms with Gasteiger partial charge in [0.2, 0.25) is 0 Å². The molecule has 0 heterocycles. The predicted octanol–water partition coefficient (Wildman–Crippen LogP) is 3.02. The van der Waals surface area contributed by atoms with E-state index in [2.05, 4.69) is 43.2 Å². The third kappa shape index (κ3) is 5.42. The smallest absolute Gasteiger partial charge is 0.293 e. The largest absolute Gasteiger partial charge is 0.377 e. The van der Waals surface area contributed by atoms with E-state index >= 15 is 0 Å². The summed E-state index contributed by atoms with van der Waals surface area (Å²) in [4.78, 5) is 25.4. The zero-order valence-electron chi connectivity index (χ0n) is 15.4. The molecule has 0 aromatic heterocycles. The maximum atomic E-state index is 12.3. The number of amides is 1. The van der Waals surface area contributed by atoms with Crippen molar-refractivity contribution < 1.29 is 9.72 Å². The van der Waals surface area contributed by atoms with Gasteiger partial charge >= 0.3 is 0 Å². The maximum absolute atomic E-state index is 12.3. The lowest BCUT2D eigenvalue weighted by molar-refractivity contribution is -0.384. The van der Waals surface area contributed by atoms with Gasteiger partial charge in [-0.05, 0) is 52.7 Å². The molecule has 25 heavy (non-hydrogen) atoms. The van der Waals surface area contributed by atoms with Gasteiger partial charge in [-0.3, -0.25) is 19.8 Å². The van der Waals surface area contributed by atoms with Crippen molar-refractivity contribution in [3.05, 3.63) is 33.9 Å². The molecule has 7 heteroatoms. The second-order valence-corrected chi connectivity index (χ2v) is 7.09. The van der Waals surface area contributed by atoms with E-state index in [0.29, 0.717) is 35.9 Å². The zero-order chi connectivity index (χ0) is 18.6. The van der Waals surface area contributed by atoms with Crippen molar-refractivity contribution in [2.75, 3.05) is 18.4 Å². The van der Waals surface area contributed by atoms with E-state index in [1.54, 1.807) is 12.1 Å². The summed E-state index contributed by atoms with van der Waals surface area (Å²) in [7, 11) is 0. The number of carbonyl (C=O) groups is 1. The van der Waals surface area contributed by atoms with Gasteiger partial charge in [0.1, 0.15) is 5.69 Å². The molecule has 1 aromatic rings. The number of nitrogens with zero attached hydrogens (tertiary/aromatic N) is 2. The van der Waals surface area contributed by atoms with Crippen molar-refractivity contribution >= 4 is 17.3 Å². The van der Waals surface area contributed by atoms with Crippen LogP contribution in [0.5, 0.6) is 0 Å². The molecule has 1 saturated carbocycles. The molecular weight excluding hydrogens is 320 g/mol. The van der Waals surface area contributed by atoms with E-state index in [1.165, 1.54) is 6.07 Å². The Kier molecular flexibility index (Phi) is 6.36. The molecule has 1 aliphatic rings. The molecule has 0 atom stereocenters. The van der Waals surface area contributed by atoms with Gasteiger partial charge in [-0.25, -0.2) is 0 Å². The van der Waals surface area contributed by atoms with Gasteiger partial charge in [-0.15, -0.1) is 0 Å². The second kappa shape index (κ2) is 8.29. The van der Waals surface area contributed by atoms with Crippen molar-refractivity contribution in [2.45, 2.75) is 58.7 Å². The molecule has 2 rings (SSSR count). The summed E-state index contributed by atoms with van der Waals surface area (Å²) >= 11 is 0. The molecule has 138 valence electrons. The van der Waals surface area contributed by atoms with Crippen molar-refractivity contribution in [1.29, 1.82) is 0 Å². The second-order valence-electron chi connectivity index (χ2n) is 7.09. The molecule has 0 spiro atoms. The fraction of sp³-hybridized carbons (Fsp3) is 0.611. The third-order valence-corrected chi connectivity index (χ3v) is 4.38. The molecule has 1 fully saturated rings. The molecule has 1 amide bonds. The van der Waals surface area contributed by atoms with Gasteiger partial charge < -0.3 is 10.6 Å². The SMILES string of the molecule is CC(C)N(CCNC(=O)c1ccc(NC2CC2)c([N+](=O)[O-])c1)C(C)C. The Hall–Kier alpha value is -2.15. The average molecular weight is 348 g/mol. The lowest BCUT2D eigenvalue weighted by atomic mass is 10.1. The van der Waals surface area contributed by atoms with Gasteiger partial charge in [-0.2, -0.15) is 0 Å². The predicted molar refractivity (Wildman–Crippen MR) is 99.1 cm³/mol. The first-order valence-electron chi connectivity index (χ1n) is 8.88. The molecule has 2 N–H and O–H groups in total. The van der Waals surface area contributed by atoms with Crippen molar-refractivity contribution in [2.24, 2.45) is 0 Å². The Balaban J connectivity index is 1.98. The monoisotopic (exact) mass is 348 g/mol. The average Bonchev–Trinajstić information content (AvgIpc) is 3.34. The number of benzene rings is 1. The summed E-state index contributed by atoms with van der Waals surface area (Å²) in [5.41, 5.74) is 0.745. The minimum Gasteiger partial charge on any atom is -0.377 e. The lowest BCUT2D eigenvalue weighted by Gasteiger charge is -2.30. The van der Waals surface area contributed by atoms with Gasteiger partial charge in [0.15, 0.2) is 0 Å². The molecule has 0 radical (unpaired) electrons. The Morgan fingerprint density at radius 1 is 1.28 bits per heavy atom. The number of carbonyl (C=O) groups excluding carboxylic acids is 1. The van der Waals surface area contributed by atoms with Crippen LogP contribution in [0.15, 0.2) is 18.2 Å². The summed E-state index contributed by atoms with van der Waals surface area (Å²) in [5, 5.41) is 17.3. The molecular formula is C18H28N4O3. The normalized spacial score (nSPS) is 14.2. The first-order chi connectivity index (χ1) is 11.8. The van der Waals surface area contributed by atoms with Gasteiger partial charge in [0.05, 0.1) is 4.92 Å². The third-order valence-electron chi connectivity index (χ3n) is 4.38. The number of rotatable bonds is 9. The first-order valence-corrected chi connectivity index (χ1v) is 8.88. The molecule has 0 aliphatic heterocycles. The van der Waals surface area contributed by atoms with Crippen LogP contribution in [0.1, 0.15) is 50.9 Å². The van der Waals surface area contributed by atoms with Crippen LogP contribution < -0.4 is 10.6 Å². The van der Waals surface area contributed by atoms with Crippen molar-refractivity contribution in [3.8, 4) is 0 Å². The van der Waals surface area contributed by atoms with Crippen molar-refractivity contribution in [1.82, 2.24) is 10.2 Å². The summed E-state index contributed by atoms with van der Waals surface area (Å²) in [6, 6.07) is 5.71. The van der Waals surface area contributed by atoms with Gasteiger partial charge in [0.25, 0.3) is 11.6 Å². The molecule has 1 aromatic carbocycles. The molecule has 0 bridgehead atoms. The van der Waals surface area contributed by atoms with E-state index in [9.17, 15) is 14.9 Å².